The lowest BCUT2D eigenvalue weighted by molar-refractivity contribution is -0.152. The van der Waals surface area contributed by atoms with Crippen molar-refractivity contribution in [3.05, 3.63) is 35.4 Å². The number of hydrogen-bond acceptors (Lipinski definition) is 3. The first-order valence-corrected chi connectivity index (χ1v) is 8.06. The van der Waals surface area contributed by atoms with Crippen molar-refractivity contribution >= 4 is 5.91 Å². The van der Waals surface area contributed by atoms with Gasteiger partial charge in [0, 0.05) is 13.1 Å². The number of aryl methyl sites for hydroxylation is 1. The van der Waals surface area contributed by atoms with Crippen LogP contribution < -0.4 is 5.32 Å². The van der Waals surface area contributed by atoms with E-state index >= 15 is 0 Å². The average Bonchev–Trinajstić information content (AvgIpc) is 2.51. The van der Waals surface area contributed by atoms with Crippen LogP contribution in [0, 0.1) is 12.8 Å². The van der Waals surface area contributed by atoms with Crippen LogP contribution >= 0.6 is 0 Å². The maximum absolute atomic E-state index is 12.5. The minimum atomic E-state index is -4.25. The van der Waals surface area contributed by atoms with Gasteiger partial charge in [0.25, 0.3) is 0 Å². The lowest BCUT2D eigenvalue weighted by Crippen LogP contribution is -2.46. The Hall–Kier alpha value is -1.60. The number of amides is 1. The van der Waals surface area contributed by atoms with Gasteiger partial charge in [0.05, 0.1) is 18.6 Å². The number of alkyl halides is 3. The lowest BCUT2D eigenvalue weighted by Gasteiger charge is -2.32. The van der Waals surface area contributed by atoms with Crippen molar-refractivity contribution < 1.29 is 23.1 Å². The van der Waals surface area contributed by atoms with Crippen LogP contribution in [0.1, 0.15) is 30.1 Å². The normalized spacial score (nSPS) is 20.6. The molecule has 1 aliphatic heterocycles. The molecule has 134 valence electrons. The molecule has 2 N–H and O–H groups in total. The number of piperidine rings is 1. The quantitative estimate of drug-likeness (QED) is 0.863. The van der Waals surface area contributed by atoms with Crippen molar-refractivity contribution in [2.24, 2.45) is 5.92 Å². The third-order valence-corrected chi connectivity index (χ3v) is 4.30. The monoisotopic (exact) mass is 344 g/mol. The van der Waals surface area contributed by atoms with E-state index in [1.165, 1.54) is 4.90 Å². The smallest absolute Gasteiger partial charge is 0.387 e. The summed E-state index contributed by atoms with van der Waals surface area (Å²) in [6.07, 6.45) is -3.95. The maximum atomic E-state index is 12.5. The molecule has 0 aliphatic carbocycles. The Morgan fingerprint density at radius 2 is 2.12 bits per heavy atom. The molecule has 1 heterocycles. The summed E-state index contributed by atoms with van der Waals surface area (Å²) in [5.41, 5.74) is 1.66. The Kier molecular flexibility index (Phi) is 6.23. The van der Waals surface area contributed by atoms with Gasteiger partial charge in [0.2, 0.25) is 5.91 Å². The first-order valence-electron chi connectivity index (χ1n) is 8.06. The number of hydrogen-bond donors (Lipinski definition) is 2. The van der Waals surface area contributed by atoms with Crippen LogP contribution in [0.5, 0.6) is 0 Å². The van der Waals surface area contributed by atoms with Crippen molar-refractivity contribution in [2.75, 3.05) is 26.2 Å². The predicted octanol–water partition coefficient (Wildman–Crippen LogP) is 2.42. The highest BCUT2D eigenvalue weighted by Gasteiger charge is 2.34. The molecule has 2 rings (SSSR count). The molecule has 2 unspecified atom stereocenters. The molecule has 24 heavy (non-hydrogen) atoms. The molecular weight excluding hydrogens is 321 g/mol. The highest BCUT2D eigenvalue weighted by molar-refractivity contribution is 5.79. The molecule has 1 fully saturated rings. The summed E-state index contributed by atoms with van der Waals surface area (Å²) in [6.45, 7) is 1.40. The van der Waals surface area contributed by atoms with Crippen LogP contribution in [0.2, 0.25) is 0 Å². The SMILES string of the molecule is Cc1ccccc1C(O)CNC(=O)C1CCCN(CC(F)(F)F)C1. The molecule has 0 radical (unpaired) electrons. The number of aliphatic hydroxyl groups excluding tert-OH is 1. The van der Waals surface area contributed by atoms with E-state index in [1.807, 2.05) is 25.1 Å². The zero-order valence-corrected chi connectivity index (χ0v) is 13.6. The van der Waals surface area contributed by atoms with Gasteiger partial charge < -0.3 is 10.4 Å². The number of benzene rings is 1. The van der Waals surface area contributed by atoms with Crippen LogP contribution in [0.15, 0.2) is 24.3 Å². The van der Waals surface area contributed by atoms with E-state index in [-0.39, 0.29) is 19.0 Å². The van der Waals surface area contributed by atoms with Crippen LogP contribution in [0.25, 0.3) is 0 Å². The largest absolute Gasteiger partial charge is 0.401 e. The van der Waals surface area contributed by atoms with Crippen LogP contribution in [0.4, 0.5) is 13.2 Å². The van der Waals surface area contributed by atoms with Gasteiger partial charge in [-0.2, -0.15) is 13.2 Å². The molecular formula is C17H23F3N2O2. The van der Waals surface area contributed by atoms with E-state index in [4.69, 9.17) is 0 Å². The van der Waals surface area contributed by atoms with E-state index in [1.54, 1.807) is 6.07 Å². The summed E-state index contributed by atoms with van der Waals surface area (Å²) in [5.74, 6) is -0.764. The van der Waals surface area contributed by atoms with Crippen molar-refractivity contribution in [1.29, 1.82) is 0 Å². The zero-order valence-electron chi connectivity index (χ0n) is 13.6. The topological polar surface area (TPSA) is 52.6 Å². The molecule has 4 nitrogen and oxygen atoms in total. The Morgan fingerprint density at radius 3 is 2.79 bits per heavy atom. The molecule has 1 aromatic rings. The molecule has 1 aromatic carbocycles. The molecule has 1 aliphatic rings. The molecule has 0 saturated carbocycles. The number of likely N-dealkylation sites (tertiary alicyclic amines) is 1. The van der Waals surface area contributed by atoms with E-state index in [9.17, 15) is 23.1 Å². The summed E-state index contributed by atoms with van der Waals surface area (Å²) in [4.78, 5) is 13.5. The molecule has 0 bridgehead atoms. The molecule has 0 aromatic heterocycles. The Labute approximate surface area is 139 Å². The number of nitrogens with zero attached hydrogens (tertiary/aromatic N) is 1. The van der Waals surface area contributed by atoms with E-state index in [0.717, 1.165) is 11.1 Å². The summed E-state index contributed by atoms with van der Waals surface area (Å²) < 4.78 is 37.4. The zero-order chi connectivity index (χ0) is 17.7. The van der Waals surface area contributed by atoms with Gasteiger partial charge in [-0.3, -0.25) is 9.69 Å². The Balaban J connectivity index is 1.85. The van der Waals surface area contributed by atoms with Gasteiger partial charge in [-0.05, 0) is 37.4 Å². The van der Waals surface area contributed by atoms with Gasteiger partial charge in [-0.25, -0.2) is 0 Å². The second-order valence-electron chi connectivity index (χ2n) is 6.31. The fourth-order valence-electron chi connectivity index (χ4n) is 3.08. The standard InChI is InChI=1S/C17H23F3N2O2/c1-12-5-2-3-7-14(12)15(23)9-21-16(24)13-6-4-8-22(10-13)11-17(18,19)20/h2-3,5,7,13,15,23H,4,6,8-11H2,1H3,(H,21,24). The average molecular weight is 344 g/mol. The van der Waals surface area contributed by atoms with E-state index in [0.29, 0.717) is 19.4 Å². The van der Waals surface area contributed by atoms with Crippen LogP contribution in [-0.4, -0.2) is 48.3 Å². The molecule has 7 heteroatoms. The fourth-order valence-corrected chi connectivity index (χ4v) is 3.08. The number of nitrogens with one attached hydrogen (secondary N) is 1. The number of rotatable bonds is 5. The van der Waals surface area contributed by atoms with Crippen molar-refractivity contribution in [3.63, 3.8) is 0 Å². The number of aliphatic hydroxyl groups is 1. The first-order chi connectivity index (χ1) is 11.3. The maximum Gasteiger partial charge on any atom is 0.401 e. The summed E-state index contributed by atoms with van der Waals surface area (Å²) >= 11 is 0. The number of carbonyl (C=O) groups excluding carboxylic acids is 1. The van der Waals surface area contributed by atoms with Crippen LogP contribution in [0.3, 0.4) is 0 Å². The highest BCUT2D eigenvalue weighted by Crippen LogP contribution is 2.23. The first kappa shape index (κ1) is 18.7. The van der Waals surface area contributed by atoms with Gasteiger partial charge >= 0.3 is 6.18 Å². The van der Waals surface area contributed by atoms with E-state index < -0.39 is 24.7 Å². The third kappa shape index (κ3) is 5.49. The lowest BCUT2D eigenvalue weighted by atomic mass is 9.96. The second kappa shape index (κ2) is 7.98. The fraction of sp³-hybridized carbons (Fsp3) is 0.588. The number of carbonyl (C=O) groups is 1. The third-order valence-electron chi connectivity index (χ3n) is 4.30. The molecule has 0 spiro atoms. The van der Waals surface area contributed by atoms with Gasteiger partial charge in [0.15, 0.2) is 0 Å². The summed E-state index contributed by atoms with van der Waals surface area (Å²) in [5, 5.41) is 12.8. The number of halogens is 3. The molecule has 1 amide bonds. The van der Waals surface area contributed by atoms with Gasteiger partial charge in [0.1, 0.15) is 0 Å². The van der Waals surface area contributed by atoms with Crippen LogP contribution in [-0.2, 0) is 4.79 Å². The van der Waals surface area contributed by atoms with E-state index in [2.05, 4.69) is 5.32 Å². The van der Waals surface area contributed by atoms with Crippen molar-refractivity contribution in [3.8, 4) is 0 Å². The Morgan fingerprint density at radius 1 is 1.42 bits per heavy atom. The minimum absolute atomic E-state index is 0.0550. The van der Waals surface area contributed by atoms with Crippen molar-refractivity contribution in [2.45, 2.75) is 32.0 Å². The van der Waals surface area contributed by atoms with Gasteiger partial charge in [-0.1, -0.05) is 24.3 Å². The second-order valence-corrected chi connectivity index (χ2v) is 6.31. The van der Waals surface area contributed by atoms with Gasteiger partial charge in [-0.15, -0.1) is 0 Å². The summed E-state index contributed by atoms with van der Waals surface area (Å²) in [7, 11) is 0. The Bertz CT molecular complexity index is 563. The highest BCUT2D eigenvalue weighted by atomic mass is 19.4. The minimum Gasteiger partial charge on any atom is -0.387 e. The molecule has 2 atom stereocenters. The molecule has 1 saturated heterocycles. The van der Waals surface area contributed by atoms with Crippen molar-refractivity contribution in [1.82, 2.24) is 10.2 Å². The predicted molar refractivity (Wildman–Crippen MR) is 84.4 cm³/mol. The summed E-state index contributed by atoms with van der Waals surface area (Å²) in [6, 6.07) is 7.33.